The molecule has 0 bridgehead atoms. The van der Waals surface area contributed by atoms with E-state index in [1.807, 2.05) is 19.2 Å². The third kappa shape index (κ3) is 4.10. The summed E-state index contributed by atoms with van der Waals surface area (Å²) in [6, 6.07) is 4.68. The standard InChI is InChI=1S/C15H25N3O/c1-3-9-16-13-6-5-10-18(12-13)14-7-8-15(17-11-14)19-4-2/h7-8,11,13,16H,3-6,9-10,12H2,1-2H3. The van der Waals surface area contributed by atoms with Gasteiger partial charge in [0, 0.05) is 25.2 Å². The van der Waals surface area contributed by atoms with Crippen LogP contribution in [0.1, 0.15) is 33.1 Å². The molecule has 1 aromatic heterocycles. The highest BCUT2D eigenvalue weighted by Crippen LogP contribution is 2.21. The van der Waals surface area contributed by atoms with Crippen molar-refractivity contribution in [1.82, 2.24) is 10.3 Å². The molecule has 1 unspecified atom stereocenters. The summed E-state index contributed by atoms with van der Waals surface area (Å²) in [4.78, 5) is 6.76. The van der Waals surface area contributed by atoms with Crippen LogP contribution < -0.4 is 15.0 Å². The molecule has 19 heavy (non-hydrogen) atoms. The van der Waals surface area contributed by atoms with Gasteiger partial charge < -0.3 is 15.0 Å². The first-order valence-corrected chi connectivity index (χ1v) is 7.40. The lowest BCUT2D eigenvalue weighted by molar-refractivity contribution is 0.327. The summed E-state index contributed by atoms with van der Waals surface area (Å²) >= 11 is 0. The van der Waals surface area contributed by atoms with Crippen LogP contribution in [0, 0.1) is 0 Å². The molecule has 0 spiro atoms. The minimum atomic E-state index is 0.611. The van der Waals surface area contributed by atoms with Crippen LogP contribution in [0.4, 0.5) is 5.69 Å². The second-order valence-electron chi connectivity index (χ2n) is 5.03. The number of nitrogens with one attached hydrogen (secondary N) is 1. The molecule has 1 aliphatic rings. The van der Waals surface area contributed by atoms with E-state index in [-0.39, 0.29) is 0 Å². The van der Waals surface area contributed by atoms with Crippen molar-refractivity contribution in [3.63, 3.8) is 0 Å². The van der Waals surface area contributed by atoms with E-state index in [0.29, 0.717) is 18.5 Å². The summed E-state index contributed by atoms with van der Waals surface area (Å²) in [7, 11) is 0. The molecular weight excluding hydrogens is 238 g/mol. The molecule has 4 heteroatoms. The maximum Gasteiger partial charge on any atom is 0.213 e. The predicted octanol–water partition coefficient (Wildman–Crippen LogP) is 2.45. The molecule has 1 atom stereocenters. The minimum absolute atomic E-state index is 0.611. The Morgan fingerprint density at radius 3 is 3.00 bits per heavy atom. The van der Waals surface area contributed by atoms with Crippen LogP contribution in [0.15, 0.2) is 18.3 Å². The Morgan fingerprint density at radius 2 is 2.32 bits per heavy atom. The van der Waals surface area contributed by atoms with Crippen molar-refractivity contribution in [2.24, 2.45) is 0 Å². The molecule has 4 nitrogen and oxygen atoms in total. The SMILES string of the molecule is CCCNC1CCCN(c2ccc(OCC)nc2)C1. The topological polar surface area (TPSA) is 37.4 Å². The molecule has 0 aromatic carbocycles. The van der Waals surface area contributed by atoms with E-state index in [4.69, 9.17) is 4.74 Å². The summed E-state index contributed by atoms with van der Waals surface area (Å²) in [5.41, 5.74) is 1.20. The molecule has 1 aliphatic heterocycles. The van der Waals surface area contributed by atoms with E-state index in [9.17, 15) is 0 Å². The van der Waals surface area contributed by atoms with Gasteiger partial charge in [-0.05, 0) is 38.8 Å². The van der Waals surface area contributed by atoms with E-state index in [1.54, 1.807) is 0 Å². The van der Waals surface area contributed by atoms with Crippen LogP contribution in [0.25, 0.3) is 0 Å². The van der Waals surface area contributed by atoms with Crippen LogP contribution >= 0.6 is 0 Å². The van der Waals surface area contributed by atoms with Crippen molar-refractivity contribution in [3.8, 4) is 5.88 Å². The number of hydrogen-bond donors (Lipinski definition) is 1. The Labute approximate surface area is 116 Å². The second-order valence-corrected chi connectivity index (χ2v) is 5.03. The van der Waals surface area contributed by atoms with Gasteiger partial charge in [-0.3, -0.25) is 0 Å². The summed E-state index contributed by atoms with van der Waals surface area (Å²) in [5.74, 6) is 0.712. The molecule has 106 valence electrons. The number of nitrogens with zero attached hydrogens (tertiary/aromatic N) is 2. The average molecular weight is 263 g/mol. The maximum atomic E-state index is 5.38. The number of aromatic nitrogens is 1. The van der Waals surface area contributed by atoms with Gasteiger partial charge in [0.1, 0.15) is 0 Å². The second kappa shape index (κ2) is 7.34. The van der Waals surface area contributed by atoms with Crippen LogP contribution in [0.3, 0.4) is 0 Å². The number of anilines is 1. The lowest BCUT2D eigenvalue weighted by atomic mass is 10.1. The summed E-state index contributed by atoms with van der Waals surface area (Å²) < 4.78 is 5.38. The quantitative estimate of drug-likeness (QED) is 0.855. The van der Waals surface area contributed by atoms with Gasteiger partial charge in [0.2, 0.25) is 5.88 Å². The fourth-order valence-electron chi connectivity index (χ4n) is 2.52. The maximum absolute atomic E-state index is 5.38. The van der Waals surface area contributed by atoms with Crippen LogP contribution in [-0.2, 0) is 0 Å². The van der Waals surface area contributed by atoms with E-state index >= 15 is 0 Å². The fraction of sp³-hybridized carbons (Fsp3) is 0.667. The normalized spacial score (nSPS) is 19.5. The first kappa shape index (κ1) is 14.1. The monoisotopic (exact) mass is 263 g/mol. The minimum Gasteiger partial charge on any atom is -0.478 e. The Hall–Kier alpha value is -1.29. The lowest BCUT2D eigenvalue weighted by Gasteiger charge is -2.34. The molecule has 1 fully saturated rings. The molecule has 1 saturated heterocycles. The number of rotatable bonds is 6. The van der Waals surface area contributed by atoms with E-state index in [1.165, 1.54) is 24.9 Å². The van der Waals surface area contributed by atoms with Gasteiger partial charge in [-0.15, -0.1) is 0 Å². The molecule has 0 saturated carbocycles. The smallest absolute Gasteiger partial charge is 0.213 e. The molecule has 1 aromatic rings. The van der Waals surface area contributed by atoms with Crippen molar-refractivity contribution in [2.75, 3.05) is 31.1 Å². The van der Waals surface area contributed by atoms with Crippen molar-refractivity contribution in [2.45, 2.75) is 39.2 Å². The Morgan fingerprint density at radius 1 is 1.42 bits per heavy atom. The highest BCUT2D eigenvalue weighted by Gasteiger charge is 2.19. The number of ether oxygens (including phenoxy) is 1. The Kier molecular flexibility index (Phi) is 5.45. The van der Waals surface area contributed by atoms with E-state index in [0.717, 1.165) is 19.6 Å². The van der Waals surface area contributed by atoms with Crippen LogP contribution in [-0.4, -0.2) is 37.3 Å². The zero-order valence-corrected chi connectivity index (χ0v) is 12.1. The molecule has 1 N–H and O–H groups in total. The highest BCUT2D eigenvalue weighted by molar-refractivity contribution is 5.46. The van der Waals surface area contributed by atoms with Gasteiger partial charge in [0.25, 0.3) is 0 Å². The average Bonchev–Trinajstić information content (AvgIpc) is 2.46. The van der Waals surface area contributed by atoms with Gasteiger partial charge in [-0.1, -0.05) is 6.92 Å². The summed E-state index contributed by atoms with van der Waals surface area (Å²) in [6.07, 6.45) is 5.64. The highest BCUT2D eigenvalue weighted by atomic mass is 16.5. The molecule has 0 radical (unpaired) electrons. The first-order chi connectivity index (χ1) is 9.33. The summed E-state index contributed by atoms with van der Waals surface area (Å²) in [5, 5.41) is 3.62. The van der Waals surface area contributed by atoms with Crippen molar-refractivity contribution < 1.29 is 4.74 Å². The van der Waals surface area contributed by atoms with Gasteiger partial charge in [-0.2, -0.15) is 0 Å². The van der Waals surface area contributed by atoms with Crippen molar-refractivity contribution in [1.29, 1.82) is 0 Å². The van der Waals surface area contributed by atoms with Crippen LogP contribution in [0.2, 0.25) is 0 Å². The molecule has 0 amide bonds. The Balaban J connectivity index is 1.92. The first-order valence-electron chi connectivity index (χ1n) is 7.40. The van der Waals surface area contributed by atoms with Crippen LogP contribution in [0.5, 0.6) is 5.88 Å². The van der Waals surface area contributed by atoms with Gasteiger partial charge >= 0.3 is 0 Å². The largest absolute Gasteiger partial charge is 0.478 e. The molecule has 0 aliphatic carbocycles. The van der Waals surface area contributed by atoms with Gasteiger partial charge in [0.15, 0.2) is 0 Å². The van der Waals surface area contributed by atoms with Gasteiger partial charge in [-0.25, -0.2) is 4.98 Å². The Bertz CT molecular complexity index is 366. The number of piperidine rings is 1. The van der Waals surface area contributed by atoms with E-state index < -0.39 is 0 Å². The zero-order valence-electron chi connectivity index (χ0n) is 12.1. The number of hydrogen-bond acceptors (Lipinski definition) is 4. The molecule has 2 heterocycles. The number of pyridine rings is 1. The van der Waals surface area contributed by atoms with E-state index in [2.05, 4.69) is 28.2 Å². The molecular formula is C15H25N3O. The van der Waals surface area contributed by atoms with Gasteiger partial charge in [0.05, 0.1) is 18.5 Å². The van der Waals surface area contributed by atoms with Crippen molar-refractivity contribution in [3.05, 3.63) is 18.3 Å². The third-order valence-corrected chi connectivity index (χ3v) is 3.48. The molecule has 2 rings (SSSR count). The third-order valence-electron chi connectivity index (χ3n) is 3.48. The predicted molar refractivity (Wildman–Crippen MR) is 78.9 cm³/mol. The lowest BCUT2D eigenvalue weighted by Crippen LogP contribution is -2.46. The fourth-order valence-corrected chi connectivity index (χ4v) is 2.52. The van der Waals surface area contributed by atoms with Crippen molar-refractivity contribution >= 4 is 5.69 Å². The zero-order chi connectivity index (χ0) is 13.5. The summed E-state index contributed by atoms with van der Waals surface area (Å²) in [6.45, 7) is 8.17.